The van der Waals surface area contributed by atoms with Gasteiger partial charge in [0.1, 0.15) is 5.82 Å². The lowest BCUT2D eigenvalue weighted by atomic mass is 9.96. The number of nitrogens with zero attached hydrogens (tertiary/aromatic N) is 2. The second-order valence-electron chi connectivity index (χ2n) is 6.16. The molecular formula is C18H25N3. The molecule has 3 heteroatoms. The van der Waals surface area contributed by atoms with E-state index >= 15 is 0 Å². The summed E-state index contributed by atoms with van der Waals surface area (Å²) in [4.78, 5) is 10.4. The van der Waals surface area contributed by atoms with Crippen LogP contribution in [-0.2, 0) is 13.0 Å². The van der Waals surface area contributed by atoms with E-state index in [2.05, 4.69) is 52.1 Å². The van der Waals surface area contributed by atoms with Crippen LogP contribution < -0.4 is 0 Å². The van der Waals surface area contributed by atoms with Gasteiger partial charge in [-0.15, -0.1) is 0 Å². The highest BCUT2D eigenvalue weighted by Crippen LogP contribution is 2.22. The van der Waals surface area contributed by atoms with Crippen molar-refractivity contribution in [2.45, 2.75) is 51.6 Å². The molecule has 1 aliphatic rings. The summed E-state index contributed by atoms with van der Waals surface area (Å²) in [5, 5.41) is 0. The molecule has 3 nitrogen and oxygen atoms in total. The van der Waals surface area contributed by atoms with Gasteiger partial charge >= 0.3 is 0 Å². The van der Waals surface area contributed by atoms with Gasteiger partial charge in [-0.05, 0) is 44.7 Å². The van der Waals surface area contributed by atoms with E-state index in [1.165, 1.54) is 44.2 Å². The number of hydrogen-bond acceptors (Lipinski definition) is 2. The molecule has 0 spiro atoms. The molecule has 0 bridgehead atoms. The number of piperidine rings is 1. The largest absolute Gasteiger partial charge is 0.345 e. The van der Waals surface area contributed by atoms with Gasteiger partial charge in [0.25, 0.3) is 0 Å². The highest BCUT2D eigenvalue weighted by atomic mass is 15.2. The van der Waals surface area contributed by atoms with Crippen LogP contribution in [0.5, 0.6) is 0 Å². The van der Waals surface area contributed by atoms with Crippen molar-refractivity contribution in [2.75, 3.05) is 6.54 Å². The predicted octanol–water partition coefficient (Wildman–Crippen LogP) is 3.71. The summed E-state index contributed by atoms with van der Waals surface area (Å²) >= 11 is 0. The third-order valence-corrected chi connectivity index (χ3v) is 4.47. The molecule has 112 valence electrons. The van der Waals surface area contributed by atoms with Gasteiger partial charge in [-0.1, -0.05) is 36.8 Å². The molecule has 1 atom stereocenters. The van der Waals surface area contributed by atoms with Crippen LogP contribution in [0.4, 0.5) is 0 Å². The Bertz CT molecular complexity index is 547. The van der Waals surface area contributed by atoms with E-state index in [0.717, 1.165) is 18.1 Å². The third kappa shape index (κ3) is 3.94. The zero-order valence-corrected chi connectivity index (χ0v) is 12.9. The van der Waals surface area contributed by atoms with E-state index in [4.69, 9.17) is 0 Å². The Hall–Kier alpha value is -1.61. The molecule has 2 heterocycles. The molecule has 0 aliphatic carbocycles. The number of rotatable bonds is 5. The third-order valence-electron chi connectivity index (χ3n) is 4.47. The van der Waals surface area contributed by atoms with E-state index in [0.29, 0.717) is 6.04 Å². The van der Waals surface area contributed by atoms with Crippen LogP contribution in [0.25, 0.3) is 0 Å². The minimum Gasteiger partial charge on any atom is -0.345 e. The quantitative estimate of drug-likeness (QED) is 0.907. The lowest BCUT2D eigenvalue weighted by Crippen LogP contribution is -2.39. The monoisotopic (exact) mass is 283 g/mol. The van der Waals surface area contributed by atoms with Crippen molar-refractivity contribution in [3.63, 3.8) is 0 Å². The summed E-state index contributed by atoms with van der Waals surface area (Å²) in [5.74, 6) is 1.11. The summed E-state index contributed by atoms with van der Waals surface area (Å²) < 4.78 is 0. The van der Waals surface area contributed by atoms with Gasteiger partial charge in [-0.2, -0.15) is 0 Å². The number of nitrogens with one attached hydrogen (secondary N) is 1. The average Bonchev–Trinajstić information content (AvgIpc) is 2.93. The van der Waals surface area contributed by atoms with E-state index in [1.54, 1.807) is 0 Å². The number of aromatic nitrogens is 2. The highest BCUT2D eigenvalue weighted by molar-refractivity contribution is 5.14. The Labute approximate surface area is 127 Å². The van der Waals surface area contributed by atoms with Gasteiger partial charge in [-0.3, -0.25) is 4.90 Å². The standard InChI is InChI=1S/C18H25N3/c1-15-13-19-18(20-15)14-21-12-6-5-9-17(21)11-10-16-7-3-2-4-8-16/h2-4,7-8,13,17H,5-6,9-12,14H2,1H3,(H,19,20). The summed E-state index contributed by atoms with van der Waals surface area (Å²) in [7, 11) is 0. The fourth-order valence-corrected chi connectivity index (χ4v) is 3.31. The molecule has 1 aliphatic heterocycles. The van der Waals surface area contributed by atoms with Gasteiger partial charge in [0.05, 0.1) is 6.54 Å². The lowest BCUT2D eigenvalue weighted by molar-refractivity contribution is 0.129. The minimum atomic E-state index is 0.698. The highest BCUT2D eigenvalue weighted by Gasteiger charge is 2.22. The Balaban J connectivity index is 1.59. The average molecular weight is 283 g/mol. The van der Waals surface area contributed by atoms with E-state index in [1.807, 2.05) is 6.20 Å². The number of hydrogen-bond donors (Lipinski definition) is 1. The van der Waals surface area contributed by atoms with Crippen molar-refractivity contribution in [3.8, 4) is 0 Å². The van der Waals surface area contributed by atoms with Gasteiger partial charge in [0.2, 0.25) is 0 Å². The number of aromatic amines is 1. The second-order valence-corrected chi connectivity index (χ2v) is 6.16. The summed E-state index contributed by atoms with van der Waals surface area (Å²) in [5.41, 5.74) is 2.61. The molecular weight excluding hydrogens is 258 g/mol. The molecule has 2 aromatic rings. The van der Waals surface area contributed by atoms with Crippen molar-refractivity contribution in [1.29, 1.82) is 0 Å². The number of likely N-dealkylation sites (tertiary alicyclic amines) is 1. The molecule has 1 N–H and O–H groups in total. The number of benzene rings is 1. The zero-order chi connectivity index (χ0) is 14.5. The molecule has 1 unspecified atom stereocenters. The zero-order valence-electron chi connectivity index (χ0n) is 12.9. The topological polar surface area (TPSA) is 31.9 Å². The van der Waals surface area contributed by atoms with Gasteiger partial charge < -0.3 is 4.98 Å². The van der Waals surface area contributed by atoms with Crippen LogP contribution in [-0.4, -0.2) is 27.5 Å². The van der Waals surface area contributed by atoms with Crippen LogP contribution in [0.15, 0.2) is 36.5 Å². The van der Waals surface area contributed by atoms with Crippen LogP contribution in [0.2, 0.25) is 0 Å². The van der Waals surface area contributed by atoms with Crippen molar-refractivity contribution in [2.24, 2.45) is 0 Å². The van der Waals surface area contributed by atoms with Crippen LogP contribution in [0, 0.1) is 6.92 Å². The first-order chi connectivity index (χ1) is 10.3. The van der Waals surface area contributed by atoms with E-state index in [9.17, 15) is 0 Å². The molecule has 1 aromatic heterocycles. The van der Waals surface area contributed by atoms with Crippen molar-refractivity contribution in [3.05, 3.63) is 53.6 Å². The maximum Gasteiger partial charge on any atom is 0.120 e. The SMILES string of the molecule is Cc1cnc(CN2CCCCC2CCc2ccccc2)[nH]1. The number of H-pyrrole nitrogens is 1. The number of aryl methyl sites for hydroxylation is 2. The van der Waals surface area contributed by atoms with Crippen LogP contribution >= 0.6 is 0 Å². The van der Waals surface area contributed by atoms with Crippen LogP contribution in [0.3, 0.4) is 0 Å². The van der Waals surface area contributed by atoms with Crippen molar-refractivity contribution in [1.82, 2.24) is 14.9 Å². The first-order valence-electron chi connectivity index (χ1n) is 8.10. The minimum absolute atomic E-state index is 0.698. The second kappa shape index (κ2) is 6.90. The van der Waals surface area contributed by atoms with E-state index in [-0.39, 0.29) is 0 Å². The molecule has 0 amide bonds. The Morgan fingerprint density at radius 3 is 2.86 bits per heavy atom. The Morgan fingerprint density at radius 1 is 1.24 bits per heavy atom. The first-order valence-corrected chi connectivity index (χ1v) is 8.10. The van der Waals surface area contributed by atoms with Gasteiger partial charge in [0.15, 0.2) is 0 Å². The van der Waals surface area contributed by atoms with E-state index < -0.39 is 0 Å². The molecule has 3 rings (SSSR count). The Morgan fingerprint density at radius 2 is 2.10 bits per heavy atom. The molecule has 1 fully saturated rings. The molecule has 1 saturated heterocycles. The van der Waals surface area contributed by atoms with Gasteiger partial charge in [-0.25, -0.2) is 4.98 Å². The van der Waals surface area contributed by atoms with Crippen LogP contribution in [0.1, 0.15) is 42.8 Å². The fourth-order valence-electron chi connectivity index (χ4n) is 3.31. The van der Waals surface area contributed by atoms with Crippen molar-refractivity contribution < 1.29 is 0 Å². The smallest absolute Gasteiger partial charge is 0.120 e. The molecule has 1 aromatic carbocycles. The van der Waals surface area contributed by atoms with Crippen molar-refractivity contribution >= 4 is 0 Å². The molecule has 0 saturated carbocycles. The first kappa shape index (κ1) is 14.3. The summed E-state index contributed by atoms with van der Waals surface area (Å²) in [6, 6.07) is 11.5. The predicted molar refractivity (Wildman–Crippen MR) is 86.1 cm³/mol. The Kier molecular flexibility index (Phi) is 4.71. The molecule has 0 radical (unpaired) electrons. The summed E-state index contributed by atoms with van der Waals surface area (Å²) in [6.45, 7) is 4.24. The van der Waals surface area contributed by atoms with Gasteiger partial charge in [0, 0.05) is 17.9 Å². The fraction of sp³-hybridized carbons (Fsp3) is 0.500. The lowest BCUT2D eigenvalue weighted by Gasteiger charge is -2.35. The maximum absolute atomic E-state index is 4.47. The summed E-state index contributed by atoms with van der Waals surface area (Å²) in [6.07, 6.45) is 8.38. The maximum atomic E-state index is 4.47. The molecule has 21 heavy (non-hydrogen) atoms. The number of imidazole rings is 1. The normalized spacial score (nSPS) is 19.8.